The van der Waals surface area contributed by atoms with Crippen molar-refractivity contribution in [1.29, 1.82) is 0 Å². The minimum atomic E-state index is -0.823. The van der Waals surface area contributed by atoms with Crippen LogP contribution in [0.4, 0.5) is 0 Å². The lowest BCUT2D eigenvalue weighted by Crippen LogP contribution is -2.38. The third kappa shape index (κ3) is 4.60. The molecule has 33 heavy (non-hydrogen) atoms. The van der Waals surface area contributed by atoms with Crippen LogP contribution in [0.2, 0.25) is 0 Å². The van der Waals surface area contributed by atoms with Gasteiger partial charge in [-0.25, -0.2) is 0 Å². The molecule has 1 aromatic carbocycles. The molecule has 2 aliphatic heterocycles. The Bertz CT molecular complexity index is 1030. The number of rotatable bonds is 8. The van der Waals surface area contributed by atoms with Crippen LogP contribution in [0.15, 0.2) is 46.6 Å². The number of aliphatic hydroxyl groups excluding tert-OH is 1. The molecule has 3 heterocycles. The number of Topliss-reactive ketones (excluding diaryl/α,β-unsaturated/α-hetero) is 1. The zero-order chi connectivity index (χ0) is 23.4. The van der Waals surface area contributed by atoms with Gasteiger partial charge in [0.2, 0.25) is 0 Å². The summed E-state index contributed by atoms with van der Waals surface area (Å²) >= 11 is 0. The number of ether oxygens (including phenoxy) is 3. The van der Waals surface area contributed by atoms with E-state index in [-0.39, 0.29) is 11.3 Å². The summed E-state index contributed by atoms with van der Waals surface area (Å²) < 4.78 is 21.6. The van der Waals surface area contributed by atoms with Crippen LogP contribution in [-0.2, 0) is 14.3 Å². The number of carbonyl (C=O) groups excluding carboxylic acids is 2. The topological polar surface area (TPSA) is 102 Å². The molecule has 2 aromatic rings. The average molecular weight is 456 g/mol. The predicted octanol–water partition coefficient (Wildman–Crippen LogP) is 2.44. The summed E-state index contributed by atoms with van der Waals surface area (Å²) in [6, 6.07) is 7.42. The normalized spacial score (nSPS) is 20.9. The van der Waals surface area contributed by atoms with E-state index in [1.165, 1.54) is 25.4 Å². The highest BCUT2D eigenvalue weighted by Crippen LogP contribution is 2.41. The third-order valence-electron chi connectivity index (χ3n) is 5.99. The summed E-state index contributed by atoms with van der Waals surface area (Å²) in [5, 5.41) is 11.2. The molecule has 0 spiro atoms. The van der Waals surface area contributed by atoms with Crippen molar-refractivity contribution in [3.05, 3.63) is 53.5 Å². The smallest absolute Gasteiger partial charge is 0.295 e. The monoisotopic (exact) mass is 456 g/mol. The first kappa shape index (κ1) is 22.9. The standard InChI is InChI=1S/C24H28N2O7/c1-30-16-6-7-17(19(15-16)31-2)22(27)20-21(18-5-3-12-33-18)26(24(29)23(20)28)9-4-8-25-10-13-32-14-11-25/h3,5-7,12,15,21,27H,4,8-11,13-14H2,1-2H3/t21-/m0/s1. The molecule has 4 rings (SSSR count). The molecule has 176 valence electrons. The predicted molar refractivity (Wildman–Crippen MR) is 119 cm³/mol. The highest BCUT2D eigenvalue weighted by molar-refractivity contribution is 6.46. The second-order valence-corrected chi connectivity index (χ2v) is 7.88. The molecule has 0 bridgehead atoms. The number of benzene rings is 1. The summed E-state index contributed by atoms with van der Waals surface area (Å²) in [6.45, 7) is 4.21. The second-order valence-electron chi connectivity index (χ2n) is 7.88. The molecular weight excluding hydrogens is 428 g/mol. The highest BCUT2D eigenvalue weighted by atomic mass is 16.5. The van der Waals surface area contributed by atoms with Gasteiger partial charge >= 0.3 is 0 Å². The van der Waals surface area contributed by atoms with Crippen LogP contribution >= 0.6 is 0 Å². The Morgan fingerprint density at radius 3 is 2.58 bits per heavy atom. The zero-order valence-corrected chi connectivity index (χ0v) is 18.8. The lowest BCUT2D eigenvalue weighted by molar-refractivity contribution is -0.140. The molecule has 1 aromatic heterocycles. The Morgan fingerprint density at radius 1 is 1.12 bits per heavy atom. The highest BCUT2D eigenvalue weighted by Gasteiger charge is 2.47. The van der Waals surface area contributed by atoms with E-state index in [1.807, 2.05) is 0 Å². The zero-order valence-electron chi connectivity index (χ0n) is 18.8. The fourth-order valence-corrected chi connectivity index (χ4v) is 4.28. The summed E-state index contributed by atoms with van der Waals surface area (Å²) in [5.74, 6) is -0.455. The molecule has 2 aliphatic rings. The van der Waals surface area contributed by atoms with Gasteiger partial charge in [0, 0.05) is 32.2 Å². The molecule has 2 saturated heterocycles. The van der Waals surface area contributed by atoms with Gasteiger partial charge in [-0.3, -0.25) is 14.5 Å². The average Bonchev–Trinajstić information content (AvgIpc) is 3.46. The molecule has 0 aliphatic carbocycles. The van der Waals surface area contributed by atoms with Crippen LogP contribution < -0.4 is 9.47 Å². The molecule has 0 saturated carbocycles. The molecule has 0 unspecified atom stereocenters. The Balaban J connectivity index is 1.66. The lowest BCUT2D eigenvalue weighted by Gasteiger charge is -2.28. The first-order valence-corrected chi connectivity index (χ1v) is 10.9. The van der Waals surface area contributed by atoms with E-state index in [2.05, 4.69) is 4.90 Å². The van der Waals surface area contributed by atoms with E-state index in [1.54, 1.807) is 30.3 Å². The van der Waals surface area contributed by atoms with Crippen molar-refractivity contribution in [2.24, 2.45) is 0 Å². The number of morpholine rings is 1. The number of carbonyl (C=O) groups is 2. The molecule has 0 radical (unpaired) electrons. The number of aliphatic hydroxyl groups is 1. The molecule has 9 heteroatoms. The number of furan rings is 1. The minimum absolute atomic E-state index is 0.0233. The Kier molecular flexibility index (Phi) is 7.00. The van der Waals surface area contributed by atoms with Gasteiger partial charge in [-0.15, -0.1) is 0 Å². The van der Waals surface area contributed by atoms with Crippen LogP contribution in [-0.4, -0.2) is 80.2 Å². The van der Waals surface area contributed by atoms with Gasteiger partial charge in [-0.05, 0) is 30.7 Å². The first-order chi connectivity index (χ1) is 16.0. The van der Waals surface area contributed by atoms with Gasteiger partial charge in [-0.2, -0.15) is 0 Å². The Labute approximate surface area is 192 Å². The van der Waals surface area contributed by atoms with Gasteiger partial charge in [0.1, 0.15) is 29.1 Å². The molecule has 9 nitrogen and oxygen atoms in total. The van der Waals surface area contributed by atoms with Gasteiger partial charge in [-0.1, -0.05) is 0 Å². The van der Waals surface area contributed by atoms with Crippen molar-refractivity contribution in [3.8, 4) is 11.5 Å². The molecule has 1 atom stereocenters. The summed E-state index contributed by atoms with van der Waals surface area (Å²) in [6.07, 6.45) is 2.16. The lowest BCUT2D eigenvalue weighted by atomic mass is 9.98. The van der Waals surface area contributed by atoms with Gasteiger partial charge < -0.3 is 28.6 Å². The summed E-state index contributed by atoms with van der Waals surface area (Å²) in [7, 11) is 2.98. The minimum Gasteiger partial charge on any atom is -0.507 e. The van der Waals surface area contributed by atoms with E-state index in [9.17, 15) is 14.7 Å². The van der Waals surface area contributed by atoms with Crippen LogP contribution in [0.1, 0.15) is 23.8 Å². The number of nitrogens with zero attached hydrogens (tertiary/aromatic N) is 2. The van der Waals surface area contributed by atoms with Crippen molar-refractivity contribution in [3.63, 3.8) is 0 Å². The van der Waals surface area contributed by atoms with E-state index in [0.717, 1.165) is 19.6 Å². The molecule has 1 amide bonds. The number of hydrogen-bond donors (Lipinski definition) is 1. The Morgan fingerprint density at radius 2 is 1.91 bits per heavy atom. The van der Waals surface area contributed by atoms with E-state index < -0.39 is 17.7 Å². The molecule has 2 fully saturated rings. The maximum Gasteiger partial charge on any atom is 0.295 e. The second kappa shape index (κ2) is 10.1. The Hall–Kier alpha value is -3.30. The van der Waals surface area contributed by atoms with Crippen molar-refractivity contribution in [1.82, 2.24) is 9.80 Å². The number of hydrogen-bond acceptors (Lipinski definition) is 8. The SMILES string of the molecule is COc1ccc(C(O)=C2C(=O)C(=O)N(CCCN3CCOCC3)[C@H]2c2ccco2)c(OC)c1. The number of methoxy groups -OCH3 is 2. The fraction of sp³-hybridized carbons (Fsp3) is 0.417. The van der Waals surface area contributed by atoms with E-state index in [0.29, 0.717) is 49.0 Å². The van der Waals surface area contributed by atoms with Crippen LogP contribution in [0.3, 0.4) is 0 Å². The van der Waals surface area contributed by atoms with Crippen LogP contribution in [0.5, 0.6) is 11.5 Å². The molecular formula is C24H28N2O7. The van der Waals surface area contributed by atoms with E-state index >= 15 is 0 Å². The van der Waals surface area contributed by atoms with Crippen molar-refractivity contribution in [2.75, 3.05) is 53.6 Å². The van der Waals surface area contributed by atoms with Crippen molar-refractivity contribution < 1.29 is 33.3 Å². The number of likely N-dealkylation sites (tertiary alicyclic amines) is 1. The quantitative estimate of drug-likeness (QED) is 0.367. The first-order valence-electron chi connectivity index (χ1n) is 10.9. The number of amides is 1. The maximum absolute atomic E-state index is 13.1. The number of ketones is 1. The van der Waals surface area contributed by atoms with E-state index in [4.69, 9.17) is 18.6 Å². The van der Waals surface area contributed by atoms with Crippen molar-refractivity contribution >= 4 is 17.4 Å². The largest absolute Gasteiger partial charge is 0.507 e. The van der Waals surface area contributed by atoms with Gasteiger partial charge in [0.15, 0.2) is 0 Å². The maximum atomic E-state index is 13.1. The van der Waals surface area contributed by atoms with Gasteiger partial charge in [0.25, 0.3) is 11.7 Å². The summed E-state index contributed by atoms with van der Waals surface area (Å²) in [5.41, 5.74) is 0.269. The van der Waals surface area contributed by atoms with Crippen molar-refractivity contribution in [2.45, 2.75) is 12.5 Å². The van der Waals surface area contributed by atoms with Crippen LogP contribution in [0.25, 0.3) is 5.76 Å². The fourth-order valence-electron chi connectivity index (χ4n) is 4.28. The molecule has 1 N–H and O–H groups in total. The third-order valence-corrected chi connectivity index (χ3v) is 5.99. The summed E-state index contributed by atoms with van der Waals surface area (Å²) in [4.78, 5) is 29.8. The van der Waals surface area contributed by atoms with Crippen LogP contribution in [0, 0.1) is 0 Å². The van der Waals surface area contributed by atoms with Gasteiger partial charge in [0.05, 0.1) is 44.8 Å².